The molecule has 0 aliphatic carbocycles. The van der Waals surface area contributed by atoms with E-state index in [1.165, 1.54) is 19.1 Å². The van der Waals surface area contributed by atoms with Gasteiger partial charge in [-0.05, 0) is 36.8 Å². The summed E-state index contributed by atoms with van der Waals surface area (Å²) < 4.78 is 52.1. The van der Waals surface area contributed by atoms with Gasteiger partial charge in [0.15, 0.2) is 11.0 Å². The molecule has 0 radical (unpaired) electrons. The first-order chi connectivity index (χ1) is 14.2. The molecular weight excluding hydrogens is 420 g/mol. The Balaban J connectivity index is 1.86. The highest BCUT2D eigenvalue weighted by Gasteiger charge is 2.29. The zero-order chi connectivity index (χ0) is 21.7. The molecule has 1 amide bonds. The lowest BCUT2D eigenvalue weighted by atomic mass is 10.2. The summed E-state index contributed by atoms with van der Waals surface area (Å²) in [4.78, 5) is 12.0. The first-order valence-electron chi connectivity index (χ1n) is 8.97. The smallest absolute Gasteiger partial charge is 0.346 e. The largest absolute Gasteiger partial charge is 0.405 e. The molecule has 5 nitrogen and oxygen atoms in total. The molecule has 3 aromatic rings. The van der Waals surface area contributed by atoms with Gasteiger partial charge in [-0.15, -0.1) is 10.2 Å². The number of benzene rings is 2. The quantitative estimate of drug-likeness (QED) is 0.442. The van der Waals surface area contributed by atoms with E-state index in [-0.39, 0.29) is 0 Å². The molecule has 1 aromatic heterocycles. The highest BCUT2D eigenvalue weighted by molar-refractivity contribution is 8.00. The first-order valence-corrected chi connectivity index (χ1v) is 9.85. The molecule has 2 aromatic carbocycles. The van der Waals surface area contributed by atoms with Gasteiger partial charge in [-0.1, -0.05) is 42.1 Å². The molecule has 1 heterocycles. The number of thioether (sulfide) groups is 1. The van der Waals surface area contributed by atoms with Crippen LogP contribution < -0.4 is 5.32 Å². The van der Waals surface area contributed by atoms with Crippen LogP contribution in [0.25, 0.3) is 11.4 Å². The molecule has 1 atom stereocenters. The van der Waals surface area contributed by atoms with Crippen LogP contribution in [0.15, 0.2) is 59.8 Å². The zero-order valence-corrected chi connectivity index (χ0v) is 16.7. The molecule has 0 spiro atoms. The Hall–Kier alpha value is -2.88. The second-order valence-corrected chi connectivity index (χ2v) is 7.79. The normalized spacial score (nSPS) is 12.6. The van der Waals surface area contributed by atoms with Gasteiger partial charge in [-0.2, -0.15) is 13.2 Å². The average Bonchev–Trinajstić information content (AvgIpc) is 3.09. The number of nitrogens with one attached hydrogen (secondary N) is 1. The Bertz CT molecular complexity index is 990. The molecule has 1 unspecified atom stereocenters. The summed E-state index contributed by atoms with van der Waals surface area (Å²) in [6, 6.07) is 15.2. The third-order valence-corrected chi connectivity index (χ3v) is 5.20. The number of alkyl halides is 3. The van der Waals surface area contributed by atoms with Crippen LogP contribution in [0.3, 0.4) is 0 Å². The molecule has 3 rings (SSSR count). The fraction of sp³-hybridized carbons (Fsp3) is 0.250. The Morgan fingerprint density at radius 1 is 1.10 bits per heavy atom. The average molecular weight is 438 g/mol. The predicted octanol–water partition coefficient (Wildman–Crippen LogP) is 4.29. The number of rotatable bonds is 7. The molecule has 10 heteroatoms. The van der Waals surface area contributed by atoms with Crippen molar-refractivity contribution < 1.29 is 22.4 Å². The minimum atomic E-state index is -4.48. The summed E-state index contributed by atoms with van der Waals surface area (Å²) >= 11 is 1.00. The van der Waals surface area contributed by atoms with Crippen LogP contribution in [0, 0.1) is 5.82 Å². The van der Waals surface area contributed by atoms with E-state index < -0.39 is 29.7 Å². The van der Waals surface area contributed by atoms with Crippen LogP contribution in [-0.4, -0.2) is 38.6 Å². The molecule has 0 saturated carbocycles. The number of carbonyl (C=O) groups excluding carboxylic acids is 1. The van der Waals surface area contributed by atoms with Gasteiger partial charge in [0, 0.05) is 5.56 Å². The Kier molecular flexibility index (Phi) is 6.76. The van der Waals surface area contributed by atoms with E-state index in [4.69, 9.17) is 0 Å². The molecule has 0 aliphatic heterocycles. The van der Waals surface area contributed by atoms with E-state index in [2.05, 4.69) is 10.2 Å². The van der Waals surface area contributed by atoms with Crippen LogP contribution in [-0.2, 0) is 11.3 Å². The number of amides is 1. The molecular formula is C20H18F4N4OS. The van der Waals surface area contributed by atoms with Gasteiger partial charge in [0.25, 0.3) is 0 Å². The monoisotopic (exact) mass is 438 g/mol. The lowest BCUT2D eigenvalue weighted by Crippen LogP contribution is -2.38. The summed E-state index contributed by atoms with van der Waals surface area (Å²) in [5.41, 5.74) is 1.57. The minimum absolute atomic E-state index is 0.368. The highest BCUT2D eigenvalue weighted by Crippen LogP contribution is 2.28. The summed E-state index contributed by atoms with van der Waals surface area (Å²) in [7, 11) is 0. The lowest BCUT2D eigenvalue weighted by Gasteiger charge is -2.15. The molecule has 30 heavy (non-hydrogen) atoms. The van der Waals surface area contributed by atoms with Crippen LogP contribution >= 0.6 is 11.8 Å². The van der Waals surface area contributed by atoms with E-state index in [1.54, 1.807) is 16.7 Å². The van der Waals surface area contributed by atoms with Gasteiger partial charge in [-0.25, -0.2) is 4.39 Å². The van der Waals surface area contributed by atoms with Crippen molar-refractivity contribution in [1.82, 2.24) is 20.1 Å². The predicted molar refractivity (Wildman–Crippen MR) is 105 cm³/mol. The molecule has 0 bridgehead atoms. The third kappa shape index (κ3) is 5.82. The topological polar surface area (TPSA) is 59.8 Å². The van der Waals surface area contributed by atoms with Crippen molar-refractivity contribution in [2.24, 2.45) is 0 Å². The Morgan fingerprint density at radius 2 is 1.77 bits per heavy atom. The van der Waals surface area contributed by atoms with Crippen molar-refractivity contribution in [3.05, 3.63) is 66.0 Å². The minimum Gasteiger partial charge on any atom is -0.346 e. The fourth-order valence-electron chi connectivity index (χ4n) is 2.64. The molecule has 158 valence electrons. The van der Waals surface area contributed by atoms with E-state index in [0.717, 1.165) is 17.3 Å². The fourth-order valence-corrected chi connectivity index (χ4v) is 3.51. The van der Waals surface area contributed by atoms with E-state index in [0.29, 0.717) is 23.1 Å². The van der Waals surface area contributed by atoms with E-state index in [1.807, 2.05) is 35.6 Å². The lowest BCUT2D eigenvalue weighted by molar-refractivity contribution is -0.137. The van der Waals surface area contributed by atoms with Crippen molar-refractivity contribution in [2.75, 3.05) is 6.54 Å². The van der Waals surface area contributed by atoms with Crippen LogP contribution in [0.1, 0.15) is 12.5 Å². The second-order valence-electron chi connectivity index (χ2n) is 6.48. The number of nitrogens with zero attached hydrogens (tertiary/aromatic N) is 3. The van der Waals surface area contributed by atoms with Gasteiger partial charge >= 0.3 is 6.18 Å². The summed E-state index contributed by atoms with van der Waals surface area (Å²) in [6.07, 6.45) is -4.48. The van der Waals surface area contributed by atoms with Gasteiger partial charge in [0.2, 0.25) is 5.91 Å². The van der Waals surface area contributed by atoms with E-state index in [9.17, 15) is 22.4 Å². The van der Waals surface area contributed by atoms with Crippen LogP contribution in [0.2, 0.25) is 0 Å². The van der Waals surface area contributed by atoms with Gasteiger partial charge < -0.3 is 5.32 Å². The zero-order valence-electron chi connectivity index (χ0n) is 15.9. The maximum Gasteiger partial charge on any atom is 0.405 e. The molecule has 1 N–H and O–H groups in total. The van der Waals surface area contributed by atoms with Crippen molar-refractivity contribution in [3.8, 4) is 11.4 Å². The van der Waals surface area contributed by atoms with Gasteiger partial charge in [0.1, 0.15) is 12.4 Å². The third-order valence-electron chi connectivity index (χ3n) is 4.12. The number of carbonyl (C=O) groups is 1. The second kappa shape index (κ2) is 9.29. The van der Waals surface area contributed by atoms with Gasteiger partial charge in [0.05, 0.1) is 11.8 Å². The summed E-state index contributed by atoms with van der Waals surface area (Å²) in [5.74, 6) is -0.684. The Morgan fingerprint density at radius 3 is 2.40 bits per heavy atom. The molecule has 0 saturated heterocycles. The molecule has 0 fully saturated rings. The number of aromatic nitrogens is 3. The number of hydrogen-bond donors (Lipinski definition) is 1. The van der Waals surface area contributed by atoms with Crippen molar-refractivity contribution in [1.29, 1.82) is 0 Å². The summed E-state index contributed by atoms with van der Waals surface area (Å²) in [5, 5.41) is 9.70. The summed E-state index contributed by atoms with van der Waals surface area (Å²) in [6.45, 7) is 0.476. The van der Waals surface area contributed by atoms with Crippen LogP contribution in [0.4, 0.5) is 17.6 Å². The maximum atomic E-state index is 13.3. The maximum absolute atomic E-state index is 13.3. The SMILES string of the molecule is CC(Sc1nnc(-c2ccc(F)cc2)n1Cc1ccccc1)C(=O)NCC(F)(F)F. The highest BCUT2D eigenvalue weighted by atomic mass is 32.2. The number of hydrogen-bond acceptors (Lipinski definition) is 4. The van der Waals surface area contributed by atoms with Crippen molar-refractivity contribution >= 4 is 17.7 Å². The Labute approximate surface area is 174 Å². The van der Waals surface area contributed by atoms with Crippen LogP contribution in [0.5, 0.6) is 0 Å². The van der Waals surface area contributed by atoms with Crippen molar-refractivity contribution in [2.45, 2.75) is 30.1 Å². The molecule has 0 aliphatic rings. The van der Waals surface area contributed by atoms with Gasteiger partial charge in [-0.3, -0.25) is 9.36 Å². The number of halogens is 4. The van der Waals surface area contributed by atoms with E-state index >= 15 is 0 Å². The first kappa shape index (κ1) is 21.8. The standard InChI is InChI=1S/C20H18F4N4OS/c1-13(18(29)25-12-20(22,23)24)30-19-27-26-17(15-7-9-16(21)10-8-15)28(19)11-14-5-3-2-4-6-14/h2-10,13H,11-12H2,1H3,(H,25,29). The van der Waals surface area contributed by atoms with Crippen molar-refractivity contribution in [3.63, 3.8) is 0 Å².